The number of likely N-dealkylation sites (tertiary alicyclic amines) is 1. The Balaban J connectivity index is 1.59. The highest BCUT2D eigenvalue weighted by molar-refractivity contribution is 5.36. The third-order valence-electron chi connectivity index (χ3n) is 4.34. The summed E-state index contributed by atoms with van der Waals surface area (Å²) in [6.45, 7) is 2.84. The van der Waals surface area contributed by atoms with Crippen molar-refractivity contribution < 1.29 is 5.11 Å². The number of benzene rings is 1. The van der Waals surface area contributed by atoms with Crippen LogP contribution in [0.4, 0.5) is 5.82 Å². The molecule has 1 atom stereocenters. The number of hydrogen-bond acceptors (Lipinski definition) is 6. The number of aliphatic hydroxyl groups is 1. The summed E-state index contributed by atoms with van der Waals surface area (Å²) in [5.74, 6) is 0.656. The van der Waals surface area contributed by atoms with Crippen LogP contribution in [0.25, 0.3) is 0 Å². The molecule has 2 heterocycles. The van der Waals surface area contributed by atoms with E-state index in [4.69, 9.17) is 5.26 Å². The maximum Gasteiger partial charge on any atom is 0.158 e. The zero-order valence-corrected chi connectivity index (χ0v) is 13.8. The zero-order chi connectivity index (χ0) is 17.0. The molecule has 2 aromatic rings. The van der Waals surface area contributed by atoms with Crippen molar-refractivity contribution >= 4 is 5.82 Å². The number of likely N-dealkylation sites (N-methyl/N-ethyl adjacent to an activating group) is 1. The van der Waals surface area contributed by atoms with Gasteiger partial charge in [0.25, 0.3) is 0 Å². The van der Waals surface area contributed by atoms with E-state index in [9.17, 15) is 5.11 Å². The predicted octanol–water partition coefficient (Wildman–Crippen LogP) is 1.42. The van der Waals surface area contributed by atoms with Gasteiger partial charge in [-0.05, 0) is 12.0 Å². The molecular weight excluding hydrogens is 302 g/mol. The Labute approximate surface area is 142 Å². The second kappa shape index (κ2) is 6.95. The highest BCUT2D eigenvalue weighted by Gasteiger charge is 2.37. The number of β-amino-alcohol motifs (C(OH)–C–C–N with tert-alkyl or cyclic N) is 1. The fraction of sp³-hybridized carbons (Fsp3) is 0.389. The van der Waals surface area contributed by atoms with Gasteiger partial charge in [-0.25, -0.2) is 9.97 Å². The van der Waals surface area contributed by atoms with Crippen LogP contribution in [-0.4, -0.2) is 52.3 Å². The summed E-state index contributed by atoms with van der Waals surface area (Å²) in [4.78, 5) is 12.4. The van der Waals surface area contributed by atoms with Gasteiger partial charge in [0.05, 0.1) is 18.0 Å². The summed E-state index contributed by atoms with van der Waals surface area (Å²) >= 11 is 0. The van der Waals surface area contributed by atoms with Crippen LogP contribution in [0, 0.1) is 11.3 Å². The molecule has 24 heavy (non-hydrogen) atoms. The van der Waals surface area contributed by atoms with Gasteiger partial charge in [0.2, 0.25) is 0 Å². The standard InChI is InChI=1S/C18H21N5O/c1-22(17-11-20-16(9-19)10-21-17)13-18(24)7-8-23(14-18)12-15-5-3-2-4-6-15/h2-6,10-11,24H,7-8,12-14H2,1H3. The van der Waals surface area contributed by atoms with E-state index in [2.05, 4.69) is 27.0 Å². The van der Waals surface area contributed by atoms with Crippen molar-refractivity contribution in [2.75, 3.05) is 31.6 Å². The molecule has 1 fully saturated rings. The lowest BCUT2D eigenvalue weighted by atomic mass is 10.0. The van der Waals surface area contributed by atoms with Crippen LogP contribution in [0.1, 0.15) is 17.7 Å². The molecule has 0 amide bonds. The molecule has 1 aliphatic rings. The molecule has 124 valence electrons. The Morgan fingerprint density at radius 1 is 1.29 bits per heavy atom. The van der Waals surface area contributed by atoms with E-state index in [1.54, 1.807) is 6.20 Å². The minimum absolute atomic E-state index is 0.292. The fourth-order valence-corrected chi connectivity index (χ4v) is 3.14. The molecule has 1 N–H and O–H groups in total. The van der Waals surface area contributed by atoms with Gasteiger partial charge in [-0.1, -0.05) is 30.3 Å². The third kappa shape index (κ3) is 3.88. The smallest absolute Gasteiger partial charge is 0.158 e. The van der Waals surface area contributed by atoms with Gasteiger partial charge >= 0.3 is 0 Å². The summed E-state index contributed by atoms with van der Waals surface area (Å²) in [7, 11) is 1.88. The molecule has 0 bridgehead atoms. The zero-order valence-electron chi connectivity index (χ0n) is 13.8. The molecule has 0 saturated carbocycles. The Morgan fingerprint density at radius 2 is 2.08 bits per heavy atom. The summed E-state index contributed by atoms with van der Waals surface area (Å²) in [5, 5.41) is 19.7. The third-order valence-corrected chi connectivity index (χ3v) is 4.34. The number of rotatable bonds is 5. The first-order chi connectivity index (χ1) is 11.6. The Bertz CT molecular complexity index is 712. The van der Waals surface area contributed by atoms with Crippen molar-refractivity contribution in [2.24, 2.45) is 0 Å². The lowest BCUT2D eigenvalue weighted by molar-refractivity contribution is 0.0561. The molecule has 3 rings (SSSR count). The molecule has 6 heteroatoms. The topological polar surface area (TPSA) is 76.3 Å². The van der Waals surface area contributed by atoms with E-state index in [1.165, 1.54) is 11.8 Å². The molecule has 1 unspecified atom stereocenters. The van der Waals surface area contributed by atoms with E-state index >= 15 is 0 Å². The Kier molecular flexibility index (Phi) is 4.74. The highest BCUT2D eigenvalue weighted by atomic mass is 16.3. The second-order valence-electron chi connectivity index (χ2n) is 6.40. The van der Waals surface area contributed by atoms with Gasteiger partial charge in [0.1, 0.15) is 11.9 Å². The molecule has 0 aliphatic carbocycles. The van der Waals surface area contributed by atoms with E-state index < -0.39 is 5.60 Å². The lowest BCUT2D eigenvalue weighted by Crippen LogP contribution is -2.44. The lowest BCUT2D eigenvalue weighted by Gasteiger charge is -2.29. The van der Waals surface area contributed by atoms with Gasteiger partial charge in [0.15, 0.2) is 5.69 Å². The first-order valence-electron chi connectivity index (χ1n) is 8.00. The van der Waals surface area contributed by atoms with Gasteiger partial charge in [0, 0.05) is 33.2 Å². The monoisotopic (exact) mass is 323 g/mol. The van der Waals surface area contributed by atoms with Crippen LogP contribution in [0.15, 0.2) is 42.7 Å². The predicted molar refractivity (Wildman–Crippen MR) is 91.3 cm³/mol. The summed E-state index contributed by atoms with van der Waals surface area (Å²) < 4.78 is 0. The Morgan fingerprint density at radius 3 is 2.75 bits per heavy atom. The normalized spacial score (nSPS) is 20.7. The van der Waals surface area contributed by atoms with E-state index in [1.807, 2.05) is 36.2 Å². The SMILES string of the molecule is CN(CC1(O)CCN(Cc2ccccc2)C1)c1cnc(C#N)cn1. The summed E-state index contributed by atoms with van der Waals surface area (Å²) in [6.07, 6.45) is 3.75. The molecular formula is C18H21N5O. The molecule has 0 spiro atoms. The van der Waals surface area contributed by atoms with Crippen LogP contribution < -0.4 is 4.90 Å². The average molecular weight is 323 g/mol. The van der Waals surface area contributed by atoms with Crippen LogP contribution in [-0.2, 0) is 6.54 Å². The van der Waals surface area contributed by atoms with Gasteiger partial charge in [-0.15, -0.1) is 0 Å². The van der Waals surface area contributed by atoms with Crippen molar-refractivity contribution in [3.8, 4) is 6.07 Å². The summed E-state index contributed by atoms with van der Waals surface area (Å²) in [5.41, 5.74) is 0.785. The second-order valence-corrected chi connectivity index (χ2v) is 6.40. The fourth-order valence-electron chi connectivity index (χ4n) is 3.14. The van der Waals surface area contributed by atoms with Crippen molar-refractivity contribution in [2.45, 2.75) is 18.6 Å². The van der Waals surface area contributed by atoms with Gasteiger partial charge in [-0.2, -0.15) is 5.26 Å². The number of anilines is 1. The number of nitrogens with zero attached hydrogens (tertiary/aromatic N) is 5. The maximum atomic E-state index is 10.9. The number of hydrogen-bond donors (Lipinski definition) is 1. The minimum atomic E-state index is -0.765. The molecule has 6 nitrogen and oxygen atoms in total. The Hall–Kier alpha value is -2.49. The highest BCUT2D eigenvalue weighted by Crippen LogP contribution is 2.25. The van der Waals surface area contributed by atoms with Crippen LogP contribution >= 0.6 is 0 Å². The molecule has 1 saturated heterocycles. The largest absolute Gasteiger partial charge is 0.387 e. The van der Waals surface area contributed by atoms with E-state index in [0.29, 0.717) is 24.6 Å². The maximum absolute atomic E-state index is 10.9. The van der Waals surface area contributed by atoms with E-state index in [0.717, 1.165) is 19.5 Å². The average Bonchev–Trinajstić information content (AvgIpc) is 2.96. The van der Waals surface area contributed by atoms with Crippen LogP contribution in [0.2, 0.25) is 0 Å². The van der Waals surface area contributed by atoms with Crippen LogP contribution in [0.5, 0.6) is 0 Å². The van der Waals surface area contributed by atoms with Gasteiger partial charge < -0.3 is 10.0 Å². The minimum Gasteiger partial charge on any atom is -0.387 e. The van der Waals surface area contributed by atoms with Crippen molar-refractivity contribution in [1.82, 2.24) is 14.9 Å². The molecule has 0 radical (unpaired) electrons. The first-order valence-corrected chi connectivity index (χ1v) is 8.00. The first kappa shape index (κ1) is 16.4. The van der Waals surface area contributed by atoms with Crippen molar-refractivity contribution in [3.05, 3.63) is 54.0 Å². The molecule has 1 aromatic heterocycles. The molecule has 1 aliphatic heterocycles. The van der Waals surface area contributed by atoms with Crippen molar-refractivity contribution in [1.29, 1.82) is 5.26 Å². The summed E-state index contributed by atoms with van der Waals surface area (Å²) in [6, 6.07) is 12.3. The number of nitriles is 1. The van der Waals surface area contributed by atoms with Gasteiger partial charge in [-0.3, -0.25) is 4.90 Å². The van der Waals surface area contributed by atoms with Crippen molar-refractivity contribution in [3.63, 3.8) is 0 Å². The molecule has 1 aromatic carbocycles. The van der Waals surface area contributed by atoms with Crippen LogP contribution in [0.3, 0.4) is 0 Å². The van der Waals surface area contributed by atoms with E-state index in [-0.39, 0.29) is 0 Å². The number of aromatic nitrogens is 2. The quantitative estimate of drug-likeness (QED) is 0.897.